The molecule has 0 unspecified atom stereocenters. The minimum atomic E-state index is -3.77. The van der Waals surface area contributed by atoms with Crippen LogP contribution in [0.4, 0.5) is 0 Å². The standard InChI is InChI=1S/C14H14ClN3O2S/c1-2-18-9-11(7-16-18)8-17-10-14(21(15,19)20)12-5-3-4-6-13(12)17/h3-7,9-10H,2,8H2,1H3. The highest BCUT2D eigenvalue weighted by Gasteiger charge is 2.18. The van der Waals surface area contributed by atoms with Crippen LogP contribution in [0.25, 0.3) is 10.9 Å². The van der Waals surface area contributed by atoms with Crippen molar-refractivity contribution in [1.82, 2.24) is 14.3 Å². The van der Waals surface area contributed by atoms with Crippen LogP contribution >= 0.6 is 10.7 Å². The summed E-state index contributed by atoms with van der Waals surface area (Å²) in [5.41, 5.74) is 1.84. The summed E-state index contributed by atoms with van der Waals surface area (Å²) in [5, 5.41) is 4.86. The van der Waals surface area contributed by atoms with Crippen LogP contribution in [0.15, 0.2) is 47.8 Å². The number of nitrogens with zero attached hydrogens (tertiary/aromatic N) is 3. The number of para-hydroxylation sites is 1. The van der Waals surface area contributed by atoms with Gasteiger partial charge in [0.05, 0.1) is 12.7 Å². The molecule has 0 bridgehead atoms. The normalized spacial score (nSPS) is 12.1. The predicted molar refractivity (Wildman–Crippen MR) is 82.0 cm³/mol. The maximum Gasteiger partial charge on any atom is 0.263 e. The maximum atomic E-state index is 11.7. The van der Waals surface area contributed by atoms with Gasteiger partial charge in [0.2, 0.25) is 0 Å². The lowest BCUT2D eigenvalue weighted by atomic mass is 10.2. The first-order chi connectivity index (χ1) is 9.99. The summed E-state index contributed by atoms with van der Waals surface area (Å²) < 4.78 is 27.1. The van der Waals surface area contributed by atoms with Crippen molar-refractivity contribution in [3.8, 4) is 0 Å². The fraction of sp³-hybridized carbons (Fsp3) is 0.214. The molecule has 1 aromatic carbocycles. The number of hydrogen-bond donors (Lipinski definition) is 0. The van der Waals surface area contributed by atoms with E-state index in [2.05, 4.69) is 5.10 Å². The van der Waals surface area contributed by atoms with Crippen LogP contribution < -0.4 is 0 Å². The number of halogens is 1. The Kier molecular flexibility index (Phi) is 3.51. The molecule has 2 heterocycles. The van der Waals surface area contributed by atoms with Crippen molar-refractivity contribution < 1.29 is 8.42 Å². The Balaban J connectivity index is 2.10. The third-order valence-corrected chi connectivity index (χ3v) is 4.73. The Labute approximate surface area is 127 Å². The summed E-state index contributed by atoms with van der Waals surface area (Å²) in [4.78, 5) is 0.141. The molecular weight excluding hydrogens is 310 g/mol. The first-order valence-electron chi connectivity index (χ1n) is 6.53. The average molecular weight is 324 g/mol. The van der Waals surface area contributed by atoms with Gasteiger partial charge in [-0.15, -0.1) is 0 Å². The molecule has 0 radical (unpaired) electrons. The monoisotopic (exact) mass is 323 g/mol. The van der Waals surface area contributed by atoms with E-state index in [-0.39, 0.29) is 4.90 Å². The van der Waals surface area contributed by atoms with E-state index in [0.717, 1.165) is 17.6 Å². The van der Waals surface area contributed by atoms with E-state index >= 15 is 0 Å². The van der Waals surface area contributed by atoms with Crippen LogP contribution in [0.2, 0.25) is 0 Å². The number of aryl methyl sites for hydroxylation is 1. The van der Waals surface area contributed by atoms with E-state index in [4.69, 9.17) is 10.7 Å². The Bertz CT molecular complexity index is 896. The highest BCUT2D eigenvalue weighted by atomic mass is 35.7. The Morgan fingerprint density at radius 2 is 2.00 bits per heavy atom. The third-order valence-electron chi connectivity index (χ3n) is 3.38. The van der Waals surface area contributed by atoms with Gasteiger partial charge in [-0.2, -0.15) is 5.10 Å². The number of aromatic nitrogens is 3. The predicted octanol–water partition coefficient (Wildman–Crippen LogP) is 2.83. The second-order valence-corrected chi connectivity index (χ2v) is 7.31. The van der Waals surface area contributed by atoms with Crippen molar-refractivity contribution in [1.29, 1.82) is 0 Å². The van der Waals surface area contributed by atoms with Gasteiger partial charge in [0.25, 0.3) is 9.05 Å². The average Bonchev–Trinajstić information content (AvgIpc) is 3.04. The van der Waals surface area contributed by atoms with Crippen LogP contribution in [-0.2, 0) is 22.1 Å². The van der Waals surface area contributed by atoms with E-state index in [1.807, 2.05) is 34.5 Å². The van der Waals surface area contributed by atoms with Crippen molar-refractivity contribution >= 4 is 30.6 Å². The fourth-order valence-corrected chi connectivity index (χ4v) is 3.45. The SMILES string of the molecule is CCn1cc(Cn2cc(S(=O)(=O)Cl)c3ccccc32)cn1. The molecule has 21 heavy (non-hydrogen) atoms. The molecule has 3 rings (SSSR count). The van der Waals surface area contributed by atoms with E-state index in [1.165, 1.54) is 0 Å². The summed E-state index contributed by atoms with van der Waals surface area (Å²) in [6.45, 7) is 3.36. The van der Waals surface area contributed by atoms with Crippen LogP contribution in [0.5, 0.6) is 0 Å². The quantitative estimate of drug-likeness (QED) is 0.694. The summed E-state index contributed by atoms with van der Waals surface area (Å²) >= 11 is 0. The van der Waals surface area contributed by atoms with Gasteiger partial charge in [0, 0.05) is 46.1 Å². The molecular formula is C14H14ClN3O2S. The lowest BCUT2D eigenvalue weighted by molar-refractivity contribution is 0.610. The molecule has 3 aromatic rings. The molecule has 110 valence electrons. The summed E-state index contributed by atoms with van der Waals surface area (Å²) in [5.74, 6) is 0. The van der Waals surface area contributed by atoms with E-state index in [0.29, 0.717) is 11.9 Å². The van der Waals surface area contributed by atoms with Gasteiger partial charge in [-0.1, -0.05) is 18.2 Å². The van der Waals surface area contributed by atoms with Gasteiger partial charge in [0.15, 0.2) is 0 Å². The van der Waals surface area contributed by atoms with Crippen LogP contribution in [0.3, 0.4) is 0 Å². The van der Waals surface area contributed by atoms with Crippen LogP contribution in [0.1, 0.15) is 12.5 Å². The fourth-order valence-electron chi connectivity index (χ4n) is 2.40. The molecule has 7 heteroatoms. The van der Waals surface area contributed by atoms with E-state index in [9.17, 15) is 8.42 Å². The third kappa shape index (κ3) is 2.69. The van der Waals surface area contributed by atoms with Gasteiger partial charge in [-0.25, -0.2) is 8.42 Å². The minimum Gasteiger partial charge on any atom is -0.342 e. The van der Waals surface area contributed by atoms with Crippen molar-refractivity contribution in [2.75, 3.05) is 0 Å². The Morgan fingerprint density at radius 1 is 1.24 bits per heavy atom. The molecule has 0 N–H and O–H groups in total. The zero-order valence-electron chi connectivity index (χ0n) is 11.4. The van der Waals surface area contributed by atoms with Gasteiger partial charge in [-0.05, 0) is 13.0 Å². The number of benzene rings is 1. The van der Waals surface area contributed by atoms with Gasteiger partial charge in [0.1, 0.15) is 4.90 Å². The van der Waals surface area contributed by atoms with Gasteiger partial charge >= 0.3 is 0 Å². The van der Waals surface area contributed by atoms with Gasteiger partial charge < -0.3 is 4.57 Å². The van der Waals surface area contributed by atoms with Crippen molar-refractivity contribution in [2.24, 2.45) is 0 Å². The summed E-state index contributed by atoms with van der Waals surface area (Å²) in [7, 11) is 1.75. The molecule has 0 saturated carbocycles. The molecule has 0 aliphatic carbocycles. The zero-order chi connectivity index (χ0) is 15.0. The first-order valence-corrected chi connectivity index (χ1v) is 8.84. The number of hydrogen-bond acceptors (Lipinski definition) is 3. The van der Waals surface area contributed by atoms with Crippen LogP contribution in [-0.4, -0.2) is 22.8 Å². The molecule has 0 fully saturated rings. The lowest BCUT2D eigenvalue weighted by Crippen LogP contribution is -1.97. The van der Waals surface area contributed by atoms with Crippen LogP contribution in [0, 0.1) is 0 Å². The Hall–Kier alpha value is -1.79. The summed E-state index contributed by atoms with van der Waals surface area (Å²) in [6.07, 6.45) is 5.31. The first kappa shape index (κ1) is 14.2. The van der Waals surface area contributed by atoms with E-state index < -0.39 is 9.05 Å². The lowest BCUT2D eigenvalue weighted by Gasteiger charge is -2.02. The molecule has 0 aliphatic heterocycles. The molecule has 0 amide bonds. The number of fused-ring (bicyclic) bond motifs is 1. The van der Waals surface area contributed by atoms with Crippen molar-refractivity contribution in [2.45, 2.75) is 24.9 Å². The Morgan fingerprint density at radius 3 is 2.67 bits per heavy atom. The highest BCUT2D eigenvalue weighted by Crippen LogP contribution is 2.28. The topological polar surface area (TPSA) is 56.9 Å². The van der Waals surface area contributed by atoms with Crippen molar-refractivity contribution in [3.05, 3.63) is 48.4 Å². The second-order valence-electron chi connectivity index (χ2n) is 4.78. The molecule has 0 spiro atoms. The largest absolute Gasteiger partial charge is 0.342 e. The molecule has 0 atom stereocenters. The van der Waals surface area contributed by atoms with Gasteiger partial charge in [-0.3, -0.25) is 4.68 Å². The van der Waals surface area contributed by atoms with E-state index in [1.54, 1.807) is 24.5 Å². The number of rotatable bonds is 4. The summed E-state index contributed by atoms with van der Waals surface area (Å²) in [6, 6.07) is 7.31. The highest BCUT2D eigenvalue weighted by molar-refractivity contribution is 8.14. The molecule has 0 aliphatic rings. The second kappa shape index (κ2) is 5.20. The van der Waals surface area contributed by atoms with Crippen molar-refractivity contribution in [3.63, 3.8) is 0 Å². The molecule has 2 aromatic heterocycles. The molecule has 0 saturated heterocycles. The smallest absolute Gasteiger partial charge is 0.263 e. The maximum absolute atomic E-state index is 11.7. The molecule has 5 nitrogen and oxygen atoms in total. The zero-order valence-corrected chi connectivity index (χ0v) is 13.0. The minimum absolute atomic E-state index is 0.141.